The predicted octanol–water partition coefficient (Wildman–Crippen LogP) is 2.19. The fraction of sp³-hybridized carbons (Fsp3) is 0.667. The zero-order valence-corrected chi connectivity index (χ0v) is 11.7. The van der Waals surface area contributed by atoms with E-state index >= 15 is 0 Å². The number of hydrogen-bond donors (Lipinski definition) is 1. The summed E-state index contributed by atoms with van der Waals surface area (Å²) in [5.41, 5.74) is 5.84. The first-order valence-electron chi connectivity index (χ1n) is 6.20. The van der Waals surface area contributed by atoms with Gasteiger partial charge in [0.15, 0.2) is 0 Å². The molecule has 1 aliphatic carbocycles. The number of nitrogens with two attached hydrogens (primary N) is 1. The second-order valence-corrected chi connectivity index (χ2v) is 5.40. The summed E-state index contributed by atoms with van der Waals surface area (Å²) in [6.07, 6.45) is 7.30. The largest absolute Gasteiger partial charge is 0.338 e. The van der Waals surface area contributed by atoms with E-state index in [4.69, 9.17) is 5.73 Å². The Morgan fingerprint density at radius 2 is 2.12 bits per heavy atom. The van der Waals surface area contributed by atoms with Gasteiger partial charge < -0.3 is 10.6 Å². The molecule has 0 aromatic carbocycles. The van der Waals surface area contributed by atoms with Gasteiger partial charge in [0.1, 0.15) is 0 Å². The molecule has 1 saturated carbocycles. The van der Waals surface area contributed by atoms with E-state index in [1.807, 2.05) is 0 Å². The molecule has 1 fully saturated rings. The average molecular weight is 299 g/mol. The number of halogens is 1. The maximum atomic E-state index is 5.84. The monoisotopic (exact) mass is 298 g/mol. The Balaban J connectivity index is 2.18. The van der Waals surface area contributed by atoms with Crippen LogP contribution in [0.2, 0.25) is 0 Å². The second kappa shape index (κ2) is 5.78. The maximum Gasteiger partial charge on any atom is 0.225 e. The van der Waals surface area contributed by atoms with Crippen LogP contribution in [0.3, 0.4) is 0 Å². The smallest absolute Gasteiger partial charge is 0.225 e. The van der Waals surface area contributed by atoms with Crippen LogP contribution in [-0.2, 0) is 0 Å². The molecule has 17 heavy (non-hydrogen) atoms. The summed E-state index contributed by atoms with van der Waals surface area (Å²) < 4.78 is 0.916. The molecule has 2 atom stereocenters. The number of aromatic nitrogens is 2. The number of anilines is 1. The van der Waals surface area contributed by atoms with Gasteiger partial charge in [-0.05, 0) is 48.2 Å². The van der Waals surface area contributed by atoms with Crippen LogP contribution in [0.5, 0.6) is 0 Å². The van der Waals surface area contributed by atoms with Crippen molar-refractivity contribution in [3.63, 3.8) is 0 Å². The van der Waals surface area contributed by atoms with E-state index in [0.29, 0.717) is 12.0 Å². The van der Waals surface area contributed by atoms with E-state index < -0.39 is 0 Å². The molecule has 1 heterocycles. The fourth-order valence-electron chi connectivity index (χ4n) is 2.68. The Bertz CT molecular complexity index is 354. The first-order chi connectivity index (χ1) is 8.26. The molecule has 0 bridgehead atoms. The molecular weight excluding hydrogens is 280 g/mol. The molecule has 1 aliphatic rings. The molecule has 1 aromatic heterocycles. The highest BCUT2D eigenvalue weighted by Gasteiger charge is 2.31. The molecule has 94 valence electrons. The summed E-state index contributed by atoms with van der Waals surface area (Å²) in [4.78, 5) is 11.1. The molecular formula is C12H19BrN4. The van der Waals surface area contributed by atoms with E-state index in [1.165, 1.54) is 19.3 Å². The molecule has 0 spiro atoms. The lowest BCUT2D eigenvalue weighted by Crippen LogP contribution is -2.41. The van der Waals surface area contributed by atoms with Crippen molar-refractivity contribution in [2.75, 3.05) is 18.0 Å². The van der Waals surface area contributed by atoms with Crippen molar-refractivity contribution in [2.45, 2.75) is 32.2 Å². The summed E-state index contributed by atoms with van der Waals surface area (Å²) in [6.45, 7) is 3.85. The molecule has 1 aromatic rings. The summed E-state index contributed by atoms with van der Waals surface area (Å²) in [5.74, 6) is 1.41. The van der Waals surface area contributed by atoms with Crippen molar-refractivity contribution < 1.29 is 0 Å². The van der Waals surface area contributed by atoms with Crippen molar-refractivity contribution in [1.29, 1.82) is 0 Å². The quantitative estimate of drug-likeness (QED) is 0.926. The van der Waals surface area contributed by atoms with Crippen molar-refractivity contribution in [1.82, 2.24) is 9.97 Å². The van der Waals surface area contributed by atoms with Crippen molar-refractivity contribution in [2.24, 2.45) is 11.7 Å². The van der Waals surface area contributed by atoms with Crippen LogP contribution < -0.4 is 10.6 Å². The number of rotatable bonds is 4. The summed E-state index contributed by atoms with van der Waals surface area (Å²) in [7, 11) is 0. The standard InChI is InChI=1S/C12H19BrN4/c1-2-17(11-5-3-4-9(11)6-14)12-15-7-10(13)8-16-12/h7-9,11H,2-6,14H2,1H3. The van der Waals surface area contributed by atoms with E-state index in [-0.39, 0.29) is 0 Å². The molecule has 0 aliphatic heterocycles. The van der Waals surface area contributed by atoms with E-state index in [1.54, 1.807) is 12.4 Å². The predicted molar refractivity (Wildman–Crippen MR) is 72.9 cm³/mol. The molecule has 0 radical (unpaired) electrons. The van der Waals surface area contributed by atoms with Gasteiger partial charge in [0, 0.05) is 25.0 Å². The minimum atomic E-state index is 0.506. The van der Waals surface area contributed by atoms with Gasteiger partial charge in [-0.2, -0.15) is 0 Å². The Kier molecular flexibility index (Phi) is 4.34. The molecule has 0 amide bonds. The van der Waals surface area contributed by atoms with Crippen molar-refractivity contribution in [3.8, 4) is 0 Å². The van der Waals surface area contributed by atoms with Crippen LogP contribution in [0, 0.1) is 5.92 Å². The van der Waals surface area contributed by atoms with Crippen molar-refractivity contribution in [3.05, 3.63) is 16.9 Å². The van der Waals surface area contributed by atoms with Gasteiger partial charge in [-0.15, -0.1) is 0 Å². The molecule has 5 heteroatoms. The van der Waals surface area contributed by atoms with Crippen LogP contribution in [-0.4, -0.2) is 29.1 Å². The second-order valence-electron chi connectivity index (χ2n) is 4.48. The Hall–Kier alpha value is -0.680. The first kappa shape index (κ1) is 12.8. The third kappa shape index (κ3) is 2.77. The number of hydrogen-bond acceptors (Lipinski definition) is 4. The normalized spacial score (nSPS) is 23.9. The fourth-order valence-corrected chi connectivity index (χ4v) is 2.89. The lowest BCUT2D eigenvalue weighted by molar-refractivity contribution is 0.456. The highest BCUT2D eigenvalue weighted by molar-refractivity contribution is 9.10. The van der Waals surface area contributed by atoms with Gasteiger partial charge in [-0.3, -0.25) is 0 Å². The zero-order valence-electron chi connectivity index (χ0n) is 10.1. The minimum absolute atomic E-state index is 0.506. The van der Waals surface area contributed by atoms with Gasteiger partial charge in [-0.1, -0.05) is 6.42 Å². The van der Waals surface area contributed by atoms with Gasteiger partial charge in [0.25, 0.3) is 0 Å². The Labute approximate surface area is 111 Å². The highest BCUT2D eigenvalue weighted by atomic mass is 79.9. The van der Waals surface area contributed by atoms with E-state index in [0.717, 1.165) is 23.5 Å². The van der Waals surface area contributed by atoms with Crippen LogP contribution in [0.1, 0.15) is 26.2 Å². The van der Waals surface area contributed by atoms with Crippen LogP contribution in [0.4, 0.5) is 5.95 Å². The average Bonchev–Trinajstić information content (AvgIpc) is 2.81. The SMILES string of the molecule is CCN(c1ncc(Br)cn1)C1CCCC1CN. The van der Waals surface area contributed by atoms with Crippen molar-refractivity contribution >= 4 is 21.9 Å². The highest BCUT2D eigenvalue weighted by Crippen LogP contribution is 2.31. The minimum Gasteiger partial charge on any atom is -0.338 e. The molecule has 2 unspecified atom stereocenters. The van der Waals surface area contributed by atoms with Crippen LogP contribution in [0.15, 0.2) is 16.9 Å². The summed E-state index contributed by atoms with van der Waals surface area (Å²) in [5, 5.41) is 0. The molecule has 2 N–H and O–H groups in total. The zero-order chi connectivity index (χ0) is 12.3. The van der Waals surface area contributed by atoms with E-state index in [9.17, 15) is 0 Å². The third-order valence-electron chi connectivity index (χ3n) is 3.53. The topological polar surface area (TPSA) is 55.0 Å². The van der Waals surface area contributed by atoms with Gasteiger partial charge in [0.05, 0.1) is 4.47 Å². The lowest BCUT2D eigenvalue weighted by Gasteiger charge is -2.31. The van der Waals surface area contributed by atoms with Crippen LogP contribution >= 0.6 is 15.9 Å². The third-order valence-corrected chi connectivity index (χ3v) is 3.94. The molecule has 0 saturated heterocycles. The first-order valence-corrected chi connectivity index (χ1v) is 6.99. The van der Waals surface area contributed by atoms with Gasteiger partial charge in [0.2, 0.25) is 5.95 Å². The van der Waals surface area contributed by atoms with Gasteiger partial charge in [-0.25, -0.2) is 9.97 Å². The molecule has 4 nitrogen and oxygen atoms in total. The Morgan fingerprint density at radius 1 is 1.41 bits per heavy atom. The summed E-state index contributed by atoms with van der Waals surface area (Å²) >= 11 is 3.36. The van der Waals surface area contributed by atoms with Gasteiger partial charge >= 0.3 is 0 Å². The maximum absolute atomic E-state index is 5.84. The number of nitrogens with zero attached hydrogens (tertiary/aromatic N) is 3. The summed E-state index contributed by atoms with van der Waals surface area (Å²) in [6, 6.07) is 0.506. The molecule has 2 rings (SSSR count). The Morgan fingerprint density at radius 3 is 2.71 bits per heavy atom. The lowest BCUT2D eigenvalue weighted by atomic mass is 10.0. The van der Waals surface area contributed by atoms with Crippen LogP contribution in [0.25, 0.3) is 0 Å². The van der Waals surface area contributed by atoms with E-state index in [2.05, 4.69) is 37.7 Å².